The van der Waals surface area contributed by atoms with Crippen molar-refractivity contribution < 1.29 is 4.79 Å². The number of halogens is 1. The van der Waals surface area contributed by atoms with Crippen LogP contribution in [0.25, 0.3) is 0 Å². The third kappa shape index (κ3) is 4.78. The minimum atomic E-state index is -0.106. The molecule has 1 aliphatic heterocycles. The van der Waals surface area contributed by atoms with Crippen molar-refractivity contribution in [3.05, 3.63) is 63.0 Å². The van der Waals surface area contributed by atoms with E-state index in [1.807, 2.05) is 23.1 Å². The molecule has 2 heterocycles. The molecule has 0 saturated carbocycles. The molecule has 144 valence electrons. The number of aromatic nitrogens is 2. The van der Waals surface area contributed by atoms with Crippen molar-refractivity contribution in [2.75, 3.05) is 13.1 Å². The van der Waals surface area contributed by atoms with E-state index in [1.165, 1.54) is 0 Å². The average molecular weight is 388 g/mol. The van der Waals surface area contributed by atoms with Gasteiger partial charge >= 0.3 is 0 Å². The minimum absolute atomic E-state index is 0.0411. The quantitative estimate of drug-likeness (QED) is 0.808. The van der Waals surface area contributed by atoms with Crippen LogP contribution in [0.15, 0.2) is 41.2 Å². The zero-order valence-corrected chi connectivity index (χ0v) is 16.9. The Morgan fingerprint density at radius 2 is 1.74 bits per heavy atom. The maximum atomic E-state index is 12.6. The zero-order chi connectivity index (χ0) is 19.6. The first-order chi connectivity index (χ1) is 12.7. The molecule has 6 heteroatoms. The number of rotatable bonds is 3. The van der Waals surface area contributed by atoms with Crippen LogP contribution in [-0.4, -0.2) is 33.7 Å². The molecule has 1 aromatic carbocycles. The molecule has 0 aliphatic carbocycles. The first-order valence-corrected chi connectivity index (χ1v) is 9.74. The van der Waals surface area contributed by atoms with Crippen LogP contribution < -0.4 is 5.56 Å². The monoisotopic (exact) mass is 387 g/mol. The van der Waals surface area contributed by atoms with Crippen molar-refractivity contribution in [3.8, 4) is 0 Å². The van der Waals surface area contributed by atoms with Crippen LogP contribution in [0.1, 0.15) is 50.9 Å². The number of nitrogens with zero attached hydrogens (tertiary/aromatic N) is 3. The second-order valence-corrected chi connectivity index (χ2v) is 8.60. The van der Waals surface area contributed by atoms with E-state index in [0.717, 1.165) is 24.1 Å². The van der Waals surface area contributed by atoms with Crippen molar-refractivity contribution in [2.45, 2.75) is 51.5 Å². The van der Waals surface area contributed by atoms with Gasteiger partial charge in [-0.3, -0.25) is 9.59 Å². The summed E-state index contributed by atoms with van der Waals surface area (Å²) < 4.78 is 1.61. The van der Waals surface area contributed by atoms with Crippen LogP contribution >= 0.6 is 11.6 Å². The van der Waals surface area contributed by atoms with E-state index in [0.29, 0.717) is 24.5 Å². The standard InChI is InChI=1S/C21H26ClN3O2/c1-21(2,3)18-8-9-19(26)25(23-18)17-10-12-24(13-11-17)20(27)14-15-4-6-16(22)7-5-15/h4-9,17H,10-14H2,1-3H3. The average Bonchev–Trinajstić information content (AvgIpc) is 2.63. The van der Waals surface area contributed by atoms with Crippen LogP contribution in [0.5, 0.6) is 0 Å². The van der Waals surface area contributed by atoms with Gasteiger partial charge in [0.2, 0.25) is 5.91 Å². The van der Waals surface area contributed by atoms with Gasteiger partial charge in [-0.05, 0) is 36.6 Å². The first kappa shape index (κ1) is 19.6. The molecule has 0 unspecified atom stereocenters. The highest BCUT2D eigenvalue weighted by Crippen LogP contribution is 2.23. The van der Waals surface area contributed by atoms with Gasteiger partial charge in [0, 0.05) is 29.6 Å². The Labute approximate surface area is 165 Å². The van der Waals surface area contributed by atoms with E-state index in [2.05, 4.69) is 25.9 Å². The van der Waals surface area contributed by atoms with Gasteiger partial charge in [0.1, 0.15) is 0 Å². The molecule has 5 nitrogen and oxygen atoms in total. The number of piperidine rings is 1. The van der Waals surface area contributed by atoms with Gasteiger partial charge in [-0.2, -0.15) is 5.10 Å². The first-order valence-electron chi connectivity index (χ1n) is 9.36. The summed E-state index contributed by atoms with van der Waals surface area (Å²) in [5.74, 6) is 0.111. The second-order valence-electron chi connectivity index (χ2n) is 8.17. The van der Waals surface area contributed by atoms with Crippen molar-refractivity contribution in [3.63, 3.8) is 0 Å². The Morgan fingerprint density at radius 3 is 2.33 bits per heavy atom. The molecule has 1 aliphatic rings. The Kier molecular flexibility index (Phi) is 5.70. The predicted octanol–water partition coefficient (Wildman–Crippen LogP) is 3.60. The molecule has 1 amide bonds. The molecule has 1 aromatic heterocycles. The smallest absolute Gasteiger partial charge is 0.267 e. The molecule has 0 radical (unpaired) electrons. The highest BCUT2D eigenvalue weighted by molar-refractivity contribution is 6.30. The summed E-state index contributed by atoms with van der Waals surface area (Å²) >= 11 is 5.89. The number of hydrogen-bond donors (Lipinski definition) is 0. The lowest BCUT2D eigenvalue weighted by atomic mass is 9.92. The molecule has 0 N–H and O–H groups in total. The topological polar surface area (TPSA) is 55.2 Å². The summed E-state index contributed by atoms with van der Waals surface area (Å²) in [6, 6.07) is 10.8. The number of hydrogen-bond acceptors (Lipinski definition) is 3. The van der Waals surface area contributed by atoms with E-state index in [-0.39, 0.29) is 22.9 Å². The summed E-state index contributed by atoms with van der Waals surface area (Å²) in [5.41, 5.74) is 1.68. The summed E-state index contributed by atoms with van der Waals surface area (Å²) in [5, 5.41) is 5.27. The van der Waals surface area contributed by atoms with E-state index in [9.17, 15) is 9.59 Å². The molecule has 2 aromatic rings. The molecule has 0 spiro atoms. The largest absolute Gasteiger partial charge is 0.342 e. The summed E-state index contributed by atoms with van der Waals surface area (Å²) in [7, 11) is 0. The number of amides is 1. The molecule has 0 bridgehead atoms. The highest BCUT2D eigenvalue weighted by atomic mass is 35.5. The van der Waals surface area contributed by atoms with Gasteiger partial charge in [-0.15, -0.1) is 0 Å². The molecule has 27 heavy (non-hydrogen) atoms. The van der Waals surface area contributed by atoms with E-state index < -0.39 is 0 Å². The van der Waals surface area contributed by atoms with Crippen LogP contribution in [0.4, 0.5) is 0 Å². The fourth-order valence-electron chi connectivity index (χ4n) is 3.34. The van der Waals surface area contributed by atoms with Crippen LogP contribution in [0.3, 0.4) is 0 Å². The fourth-order valence-corrected chi connectivity index (χ4v) is 3.46. The van der Waals surface area contributed by atoms with Gasteiger partial charge in [-0.1, -0.05) is 44.5 Å². The van der Waals surface area contributed by atoms with Crippen molar-refractivity contribution in [1.29, 1.82) is 0 Å². The SMILES string of the molecule is CC(C)(C)c1ccc(=O)n(C2CCN(C(=O)Cc3ccc(Cl)cc3)CC2)n1. The predicted molar refractivity (Wildman–Crippen MR) is 107 cm³/mol. The summed E-state index contributed by atoms with van der Waals surface area (Å²) in [4.78, 5) is 26.7. The number of carbonyl (C=O) groups excluding carboxylic acids is 1. The molecule has 1 saturated heterocycles. The Bertz CT molecular complexity index is 860. The van der Waals surface area contributed by atoms with Crippen LogP contribution in [0, 0.1) is 0 Å². The molecule has 3 rings (SSSR count). The van der Waals surface area contributed by atoms with Crippen LogP contribution in [0.2, 0.25) is 5.02 Å². The molecule has 1 fully saturated rings. The van der Waals surface area contributed by atoms with Crippen molar-refractivity contribution >= 4 is 17.5 Å². The second kappa shape index (κ2) is 7.85. The Hall–Kier alpha value is -2.14. The van der Waals surface area contributed by atoms with Gasteiger partial charge in [0.25, 0.3) is 5.56 Å². The highest BCUT2D eigenvalue weighted by Gasteiger charge is 2.26. The lowest BCUT2D eigenvalue weighted by Crippen LogP contribution is -2.42. The van der Waals surface area contributed by atoms with Gasteiger partial charge in [-0.25, -0.2) is 4.68 Å². The van der Waals surface area contributed by atoms with E-state index >= 15 is 0 Å². The maximum Gasteiger partial charge on any atom is 0.267 e. The molecular formula is C21H26ClN3O2. The summed E-state index contributed by atoms with van der Waals surface area (Å²) in [6.45, 7) is 7.54. The van der Waals surface area contributed by atoms with Crippen molar-refractivity contribution in [2.24, 2.45) is 0 Å². The van der Waals surface area contributed by atoms with Gasteiger partial charge in [0.05, 0.1) is 18.2 Å². The fraction of sp³-hybridized carbons (Fsp3) is 0.476. The zero-order valence-electron chi connectivity index (χ0n) is 16.1. The third-order valence-corrected chi connectivity index (χ3v) is 5.28. The Balaban J connectivity index is 1.64. The van der Waals surface area contributed by atoms with Gasteiger partial charge < -0.3 is 4.90 Å². The van der Waals surface area contributed by atoms with E-state index in [4.69, 9.17) is 11.6 Å². The number of benzene rings is 1. The number of likely N-dealkylation sites (tertiary alicyclic amines) is 1. The maximum absolute atomic E-state index is 12.6. The minimum Gasteiger partial charge on any atom is -0.342 e. The summed E-state index contributed by atoms with van der Waals surface area (Å²) in [6.07, 6.45) is 1.86. The van der Waals surface area contributed by atoms with Crippen molar-refractivity contribution in [1.82, 2.24) is 14.7 Å². The third-order valence-electron chi connectivity index (χ3n) is 5.03. The number of carbonyl (C=O) groups is 1. The normalized spacial score (nSPS) is 15.8. The molecular weight excluding hydrogens is 362 g/mol. The van der Waals surface area contributed by atoms with Gasteiger partial charge in [0.15, 0.2) is 0 Å². The lowest BCUT2D eigenvalue weighted by molar-refractivity contribution is -0.131. The lowest BCUT2D eigenvalue weighted by Gasteiger charge is -2.33. The molecule has 0 atom stereocenters. The van der Waals surface area contributed by atoms with Crippen LogP contribution in [-0.2, 0) is 16.6 Å². The Morgan fingerprint density at radius 1 is 1.11 bits per heavy atom. The van der Waals surface area contributed by atoms with E-state index in [1.54, 1.807) is 22.9 Å².